The largest absolute Gasteiger partial charge is 0.493 e. The fourth-order valence-electron chi connectivity index (χ4n) is 1.93. The van der Waals surface area contributed by atoms with Crippen molar-refractivity contribution >= 4 is 11.6 Å². The molecule has 0 spiro atoms. The lowest BCUT2D eigenvalue weighted by molar-refractivity contribution is 0.354. The summed E-state index contributed by atoms with van der Waals surface area (Å²) >= 11 is 6.02. The van der Waals surface area contributed by atoms with Crippen molar-refractivity contribution < 1.29 is 9.47 Å². The van der Waals surface area contributed by atoms with E-state index in [0.717, 1.165) is 12.0 Å². The van der Waals surface area contributed by atoms with Gasteiger partial charge in [0, 0.05) is 6.54 Å². The highest BCUT2D eigenvalue weighted by Crippen LogP contribution is 2.27. The molecule has 1 atom stereocenters. The zero-order valence-corrected chi connectivity index (χ0v) is 12.5. The molecule has 1 heterocycles. The van der Waals surface area contributed by atoms with Crippen molar-refractivity contribution in [1.82, 2.24) is 20.2 Å². The summed E-state index contributed by atoms with van der Waals surface area (Å²) in [5, 5.41) is 11.3. The maximum absolute atomic E-state index is 6.02. The highest BCUT2D eigenvalue weighted by molar-refractivity contribution is 6.20. The summed E-state index contributed by atoms with van der Waals surface area (Å²) in [4.78, 5) is 0. The van der Waals surface area contributed by atoms with Gasteiger partial charge in [-0.15, -0.1) is 16.7 Å². The second-order valence-corrected chi connectivity index (χ2v) is 4.97. The summed E-state index contributed by atoms with van der Waals surface area (Å²) in [6, 6.07) is 5.83. The molecule has 2 aromatic rings. The van der Waals surface area contributed by atoms with Crippen LogP contribution in [0.15, 0.2) is 18.2 Å². The van der Waals surface area contributed by atoms with E-state index in [4.69, 9.17) is 21.1 Å². The summed E-state index contributed by atoms with van der Waals surface area (Å²) in [6.45, 7) is 2.51. The molecule has 1 aromatic carbocycles. The average molecular weight is 297 g/mol. The van der Waals surface area contributed by atoms with Crippen LogP contribution in [0.25, 0.3) is 0 Å². The number of halogens is 1. The van der Waals surface area contributed by atoms with Crippen molar-refractivity contribution in [2.75, 3.05) is 14.2 Å². The standard InChI is InChI=1S/C13H17ClN4O2/c1-9(14)13-15-16-17-18(13)7-6-10-4-5-11(19-2)12(8-10)20-3/h4-5,8-9H,6-7H2,1-3H3. The van der Waals surface area contributed by atoms with Gasteiger partial charge in [-0.05, 0) is 41.5 Å². The zero-order valence-electron chi connectivity index (χ0n) is 11.7. The van der Waals surface area contributed by atoms with E-state index >= 15 is 0 Å². The van der Waals surface area contributed by atoms with E-state index in [9.17, 15) is 0 Å². The SMILES string of the molecule is COc1ccc(CCn2nnnc2C(C)Cl)cc1OC. The molecule has 0 amide bonds. The van der Waals surface area contributed by atoms with E-state index in [-0.39, 0.29) is 5.38 Å². The maximum atomic E-state index is 6.02. The van der Waals surface area contributed by atoms with Crippen LogP contribution in [-0.2, 0) is 13.0 Å². The average Bonchev–Trinajstić information content (AvgIpc) is 2.93. The smallest absolute Gasteiger partial charge is 0.168 e. The number of hydrogen-bond acceptors (Lipinski definition) is 5. The Morgan fingerprint density at radius 3 is 2.65 bits per heavy atom. The molecular weight excluding hydrogens is 280 g/mol. The highest BCUT2D eigenvalue weighted by Gasteiger charge is 2.12. The van der Waals surface area contributed by atoms with Gasteiger partial charge in [0.25, 0.3) is 0 Å². The van der Waals surface area contributed by atoms with E-state index < -0.39 is 0 Å². The van der Waals surface area contributed by atoms with Crippen molar-refractivity contribution in [3.63, 3.8) is 0 Å². The van der Waals surface area contributed by atoms with E-state index in [2.05, 4.69) is 15.5 Å². The van der Waals surface area contributed by atoms with Crippen LogP contribution in [0, 0.1) is 0 Å². The van der Waals surface area contributed by atoms with Crippen molar-refractivity contribution in [2.24, 2.45) is 0 Å². The minimum Gasteiger partial charge on any atom is -0.493 e. The van der Waals surface area contributed by atoms with E-state index in [1.165, 1.54) is 0 Å². The van der Waals surface area contributed by atoms with Crippen molar-refractivity contribution in [3.8, 4) is 11.5 Å². The molecule has 0 aliphatic carbocycles. The Morgan fingerprint density at radius 2 is 2.00 bits per heavy atom. The molecular formula is C13H17ClN4O2. The van der Waals surface area contributed by atoms with Crippen LogP contribution < -0.4 is 9.47 Å². The van der Waals surface area contributed by atoms with Gasteiger partial charge in [0.2, 0.25) is 0 Å². The molecule has 20 heavy (non-hydrogen) atoms. The second-order valence-electron chi connectivity index (χ2n) is 4.32. The quantitative estimate of drug-likeness (QED) is 0.765. The van der Waals surface area contributed by atoms with E-state index in [1.54, 1.807) is 18.9 Å². The van der Waals surface area contributed by atoms with E-state index in [1.807, 2.05) is 25.1 Å². The Bertz CT molecular complexity index is 571. The number of ether oxygens (including phenoxy) is 2. The third-order valence-electron chi connectivity index (χ3n) is 2.98. The minimum atomic E-state index is -0.213. The molecule has 1 unspecified atom stereocenters. The number of aromatic nitrogens is 4. The monoisotopic (exact) mass is 296 g/mol. The molecule has 0 saturated carbocycles. The summed E-state index contributed by atoms with van der Waals surface area (Å²) in [6.07, 6.45) is 0.780. The van der Waals surface area contributed by atoms with Crippen molar-refractivity contribution in [2.45, 2.75) is 25.3 Å². The van der Waals surface area contributed by atoms with Gasteiger partial charge in [0.05, 0.1) is 19.6 Å². The number of benzene rings is 1. The van der Waals surface area contributed by atoms with Gasteiger partial charge in [0.15, 0.2) is 17.3 Å². The number of nitrogens with zero attached hydrogens (tertiary/aromatic N) is 4. The Hall–Kier alpha value is -1.82. The van der Waals surface area contributed by atoms with Gasteiger partial charge in [-0.2, -0.15) is 0 Å². The molecule has 0 fully saturated rings. The van der Waals surface area contributed by atoms with Gasteiger partial charge in [-0.25, -0.2) is 4.68 Å². The van der Waals surface area contributed by atoms with Crippen LogP contribution in [-0.4, -0.2) is 34.4 Å². The molecule has 0 aliphatic rings. The summed E-state index contributed by atoms with van der Waals surface area (Å²) in [5.41, 5.74) is 1.12. The predicted octanol–water partition coefficient (Wildman–Crippen LogP) is 2.23. The first-order chi connectivity index (χ1) is 9.65. The maximum Gasteiger partial charge on any atom is 0.168 e. The molecule has 0 saturated heterocycles. The normalized spacial score (nSPS) is 12.2. The van der Waals surface area contributed by atoms with Crippen LogP contribution in [0.1, 0.15) is 23.7 Å². The lowest BCUT2D eigenvalue weighted by Gasteiger charge is -2.10. The van der Waals surface area contributed by atoms with Crippen molar-refractivity contribution in [1.29, 1.82) is 0 Å². The molecule has 2 rings (SSSR count). The van der Waals surface area contributed by atoms with Gasteiger partial charge in [-0.3, -0.25) is 0 Å². The predicted molar refractivity (Wildman–Crippen MR) is 75.3 cm³/mol. The first-order valence-corrected chi connectivity index (χ1v) is 6.70. The molecule has 0 radical (unpaired) electrons. The summed E-state index contributed by atoms with van der Waals surface area (Å²) < 4.78 is 12.2. The Kier molecular flexibility index (Phi) is 4.79. The Labute approximate surface area is 122 Å². The van der Waals surface area contributed by atoms with Crippen LogP contribution in [0.2, 0.25) is 0 Å². The molecule has 0 bridgehead atoms. The molecule has 6 nitrogen and oxygen atoms in total. The number of methoxy groups -OCH3 is 2. The first kappa shape index (κ1) is 14.6. The number of rotatable bonds is 6. The third-order valence-corrected chi connectivity index (χ3v) is 3.17. The Morgan fingerprint density at radius 1 is 1.25 bits per heavy atom. The van der Waals surface area contributed by atoms with E-state index in [0.29, 0.717) is 23.9 Å². The van der Waals surface area contributed by atoms with Crippen LogP contribution in [0.3, 0.4) is 0 Å². The fourth-order valence-corrected chi connectivity index (χ4v) is 2.08. The van der Waals surface area contributed by atoms with Crippen LogP contribution >= 0.6 is 11.6 Å². The first-order valence-electron chi connectivity index (χ1n) is 6.26. The van der Waals surface area contributed by atoms with Crippen molar-refractivity contribution in [3.05, 3.63) is 29.6 Å². The lowest BCUT2D eigenvalue weighted by atomic mass is 10.1. The van der Waals surface area contributed by atoms with Gasteiger partial charge >= 0.3 is 0 Å². The second kappa shape index (κ2) is 6.56. The minimum absolute atomic E-state index is 0.213. The summed E-state index contributed by atoms with van der Waals surface area (Å²) in [5.74, 6) is 2.11. The van der Waals surface area contributed by atoms with Crippen LogP contribution in [0.5, 0.6) is 11.5 Å². The van der Waals surface area contributed by atoms with Gasteiger partial charge in [0.1, 0.15) is 0 Å². The van der Waals surface area contributed by atoms with Crippen LogP contribution in [0.4, 0.5) is 0 Å². The number of aryl methyl sites for hydroxylation is 2. The zero-order chi connectivity index (χ0) is 14.5. The fraction of sp³-hybridized carbons (Fsp3) is 0.462. The van der Waals surface area contributed by atoms with Gasteiger partial charge < -0.3 is 9.47 Å². The lowest BCUT2D eigenvalue weighted by Crippen LogP contribution is -2.08. The summed E-state index contributed by atoms with van der Waals surface area (Å²) in [7, 11) is 3.24. The molecule has 7 heteroatoms. The third kappa shape index (κ3) is 3.19. The number of tetrazole rings is 1. The number of hydrogen-bond donors (Lipinski definition) is 0. The molecule has 108 valence electrons. The molecule has 0 N–H and O–H groups in total. The topological polar surface area (TPSA) is 62.1 Å². The molecule has 1 aromatic heterocycles. The highest BCUT2D eigenvalue weighted by atomic mass is 35.5. The number of alkyl halides is 1. The Balaban J connectivity index is 2.09. The molecule has 0 aliphatic heterocycles. The van der Waals surface area contributed by atoms with Gasteiger partial charge in [-0.1, -0.05) is 6.07 Å².